The Hall–Kier alpha value is -2.81. The van der Waals surface area contributed by atoms with Crippen LogP contribution >= 0.6 is 0 Å². The van der Waals surface area contributed by atoms with Crippen molar-refractivity contribution in [2.75, 3.05) is 29.5 Å². The molecule has 2 rings (SSSR count). The zero-order valence-corrected chi connectivity index (χ0v) is 12.5. The van der Waals surface area contributed by atoms with E-state index in [2.05, 4.69) is 15.6 Å². The van der Waals surface area contributed by atoms with Crippen LogP contribution in [0.3, 0.4) is 0 Å². The fourth-order valence-corrected chi connectivity index (χ4v) is 1.88. The lowest BCUT2D eigenvalue weighted by atomic mass is 10.1. The van der Waals surface area contributed by atoms with Crippen LogP contribution in [0, 0.1) is 0 Å². The normalized spacial score (nSPS) is 11.2. The Morgan fingerprint density at radius 3 is 2.50 bits per heavy atom. The lowest BCUT2D eigenvalue weighted by molar-refractivity contribution is -0.137. The second kappa shape index (κ2) is 7.18. The molecular formula is C15H16F3N5O. The highest BCUT2D eigenvalue weighted by Crippen LogP contribution is 2.32. The molecule has 1 heterocycles. The van der Waals surface area contributed by atoms with Crippen molar-refractivity contribution in [2.24, 2.45) is 5.73 Å². The Kier molecular flexibility index (Phi) is 5.24. The Labute approximate surface area is 136 Å². The zero-order valence-electron chi connectivity index (χ0n) is 12.5. The van der Waals surface area contributed by atoms with Crippen LogP contribution in [-0.2, 0) is 6.18 Å². The molecule has 0 saturated heterocycles. The number of carbonyl (C=O) groups excluding carboxylic acids is 1. The van der Waals surface area contributed by atoms with Crippen LogP contribution in [0.4, 0.5) is 30.4 Å². The van der Waals surface area contributed by atoms with Gasteiger partial charge in [0.05, 0.1) is 22.5 Å². The van der Waals surface area contributed by atoms with Crippen molar-refractivity contribution in [1.82, 2.24) is 4.98 Å². The highest BCUT2D eigenvalue weighted by Gasteiger charge is 2.30. The largest absolute Gasteiger partial charge is 0.416 e. The number of hydrogen-bond acceptors (Lipinski definition) is 5. The molecule has 0 spiro atoms. The average Bonchev–Trinajstić information content (AvgIpc) is 2.54. The molecule has 0 aliphatic rings. The highest BCUT2D eigenvalue weighted by atomic mass is 19.4. The molecule has 128 valence electrons. The number of halogens is 3. The number of anilines is 3. The van der Waals surface area contributed by atoms with Crippen molar-refractivity contribution in [1.29, 1.82) is 0 Å². The topological polar surface area (TPSA) is 106 Å². The SMILES string of the molecule is NCCNc1ccc(C(=O)Nc2ccc(C(F)(F)F)cc2N)cn1. The Bertz CT molecular complexity index is 716. The summed E-state index contributed by atoms with van der Waals surface area (Å²) in [5, 5.41) is 5.40. The summed E-state index contributed by atoms with van der Waals surface area (Å²) >= 11 is 0. The van der Waals surface area contributed by atoms with Crippen LogP contribution in [0.25, 0.3) is 0 Å². The minimum Gasteiger partial charge on any atom is -0.397 e. The van der Waals surface area contributed by atoms with Gasteiger partial charge in [-0.1, -0.05) is 0 Å². The molecule has 0 aliphatic heterocycles. The summed E-state index contributed by atoms with van der Waals surface area (Å²) in [5.41, 5.74) is 10.2. The molecule has 2 aromatic rings. The number of hydrogen-bond donors (Lipinski definition) is 4. The van der Waals surface area contributed by atoms with Crippen LogP contribution < -0.4 is 22.1 Å². The molecule has 9 heteroatoms. The number of amides is 1. The molecule has 6 N–H and O–H groups in total. The minimum atomic E-state index is -4.49. The first kappa shape index (κ1) is 17.5. The number of aromatic nitrogens is 1. The van der Waals surface area contributed by atoms with E-state index in [-0.39, 0.29) is 16.9 Å². The van der Waals surface area contributed by atoms with Crippen LogP contribution in [0.15, 0.2) is 36.5 Å². The summed E-state index contributed by atoms with van der Waals surface area (Å²) in [6.45, 7) is 0.984. The first-order chi connectivity index (χ1) is 11.3. The fraction of sp³-hybridized carbons (Fsp3) is 0.200. The summed E-state index contributed by atoms with van der Waals surface area (Å²) in [4.78, 5) is 16.1. The second-order valence-electron chi connectivity index (χ2n) is 4.90. The lowest BCUT2D eigenvalue weighted by Crippen LogP contribution is -2.16. The Morgan fingerprint density at radius 2 is 1.96 bits per heavy atom. The summed E-state index contributed by atoms with van der Waals surface area (Å²) < 4.78 is 37.8. The number of nitrogens with two attached hydrogens (primary N) is 2. The number of alkyl halides is 3. The third-order valence-electron chi connectivity index (χ3n) is 3.10. The van der Waals surface area contributed by atoms with E-state index < -0.39 is 17.6 Å². The Balaban J connectivity index is 2.09. The van der Waals surface area contributed by atoms with Gasteiger partial charge >= 0.3 is 6.18 Å². The number of nitrogens with zero attached hydrogens (tertiary/aromatic N) is 1. The third kappa shape index (κ3) is 4.35. The predicted octanol–water partition coefficient (Wildman–Crippen LogP) is 2.31. The van der Waals surface area contributed by atoms with E-state index in [1.807, 2.05) is 0 Å². The predicted molar refractivity (Wildman–Crippen MR) is 85.6 cm³/mol. The van der Waals surface area contributed by atoms with Gasteiger partial charge in [-0.25, -0.2) is 4.98 Å². The summed E-state index contributed by atoms with van der Waals surface area (Å²) in [5.74, 6) is 0.0328. The van der Waals surface area contributed by atoms with Crippen molar-refractivity contribution in [3.8, 4) is 0 Å². The summed E-state index contributed by atoms with van der Waals surface area (Å²) in [7, 11) is 0. The van der Waals surface area contributed by atoms with Gasteiger partial charge in [0.2, 0.25) is 0 Å². The fourth-order valence-electron chi connectivity index (χ4n) is 1.88. The van der Waals surface area contributed by atoms with Crippen molar-refractivity contribution in [3.05, 3.63) is 47.7 Å². The van der Waals surface area contributed by atoms with Crippen molar-refractivity contribution < 1.29 is 18.0 Å². The summed E-state index contributed by atoms with van der Waals surface area (Å²) in [6, 6.07) is 5.86. The van der Waals surface area contributed by atoms with E-state index in [1.165, 1.54) is 12.3 Å². The van der Waals surface area contributed by atoms with Crippen LogP contribution in [0.2, 0.25) is 0 Å². The number of carbonyl (C=O) groups is 1. The molecule has 0 unspecified atom stereocenters. The van der Waals surface area contributed by atoms with Crippen LogP contribution in [-0.4, -0.2) is 24.0 Å². The minimum absolute atomic E-state index is 0.0957. The number of rotatable bonds is 5. The first-order valence-electron chi connectivity index (χ1n) is 6.99. The number of benzene rings is 1. The quantitative estimate of drug-likeness (QED) is 0.626. The zero-order chi connectivity index (χ0) is 17.7. The molecular weight excluding hydrogens is 323 g/mol. The monoisotopic (exact) mass is 339 g/mol. The van der Waals surface area contributed by atoms with Crippen LogP contribution in [0.1, 0.15) is 15.9 Å². The standard InChI is InChI=1S/C15H16F3N5O/c16-15(17,18)10-2-3-12(11(20)7-10)23-14(24)9-1-4-13(22-8-9)21-6-5-19/h1-4,7-8H,5-6,19-20H2,(H,21,22)(H,23,24). The average molecular weight is 339 g/mol. The van der Waals surface area contributed by atoms with Gasteiger partial charge in [-0.05, 0) is 30.3 Å². The molecule has 6 nitrogen and oxygen atoms in total. The van der Waals surface area contributed by atoms with Gasteiger partial charge in [0.25, 0.3) is 5.91 Å². The molecule has 0 atom stereocenters. The van der Waals surface area contributed by atoms with Crippen molar-refractivity contribution >= 4 is 23.1 Å². The second-order valence-corrected chi connectivity index (χ2v) is 4.90. The molecule has 0 fully saturated rings. The number of nitrogen functional groups attached to an aromatic ring is 1. The first-order valence-corrected chi connectivity index (χ1v) is 6.99. The molecule has 0 bridgehead atoms. The van der Waals surface area contributed by atoms with E-state index in [4.69, 9.17) is 11.5 Å². The smallest absolute Gasteiger partial charge is 0.397 e. The molecule has 1 amide bonds. The van der Waals surface area contributed by atoms with E-state index in [9.17, 15) is 18.0 Å². The maximum Gasteiger partial charge on any atom is 0.416 e. The molecule has 24 heavy (non-hydrogen) atoms. The van der Waals surface area contributed by atoms with Crippen LogP contribution in [0.5, 0.6) is 0 Å². The van der Waals surface area contributed by atoms with E-state index in [0.717, 1.165) is 18.2 Å². The Morgan fingerprint density at radius 1 is 1.21 bits per heavy atom. The van der Waals surface area contributed by atoms with Gasteiger partial charge in [-0.3, -0.25) is 4.79 Å². The van der Waals surface area contributed by atoms with Crippen molar-refractivity contribution in [3.63, 3.8) is 0 Å². The van der Waals surface area contributed by atoms with Gasteiger partial charge in [0.1, 0.15) is 5.82 Å². The lowest BCUT2D eigenvalue weighted by Gasteiger charge is -2.12. The van der Waals surface area contributed by atoms with Crippen molar-refractivity contribution in [2.45, 2.75) is 6.18 Å². The molecule has 0 saturated carbocycles. The van der Waals surface area contributed by atoms with Gasteiger partial charge in [-0.15, -0.1) is 0 Å². The molecule has 1 aromatic heterocycles. The van der Waals surface area contributed by atoms with E-state index >= 15 is 0 Å². The van der Waals surface area contributed by atoms with Gasteiger partial charge in [0, 0.05) is 19.3 Å². The van der Waals surface area contributed by atoms with E-state index in [0.29, 0.717) is 18.9 Å². The molecule has 0 aliphatic carbocycles. The third-order valence-corrected chi connectivity index (χ3v) is 3.10. The molecule has 0 radical (unpaired) electrons. The molecule has 1 aromatic carbocycles. The number of pyridine rings is 1. The van der Waals surface area contributed by atoms with Gasteiger partial charge in [0.15, 0.2) is 0 Å². The number of nitrogens with one attached hydrogen (secondary N) is 2. The summed E-state index contributed by atoms with van der Waals surface area (Å²) in [6.07, 6.45) is -3.15. The van der Waals surface area contributed by atoms with Gasteiger partial charge < -0.3 is 22.1 Å². The maximum atomic E-state index is 12.6. The van der Waals surface area contributed by atoms with E-state index in [1.54, 1.807) is 6.07 Å². The highest BCUT2D eigenvalue weighted by molar-refractivity contribution is 6.05. The van der Waals surface area contributed by atoms with Gasteiger partial charge in [-0.2, -0.15) is 13.2 Å². The maximum absolute atomic E-state index is 12.6.